The third-order valence-electron chi connectivity index (χ3n) is 9.17. The lowest BCUT2D eigenvalue weighted by molar-refractivity contribution is -0.286. The summed E-state index contributed by atoms with van der Waals surface area (Å²) in [5, 5.41) is 3.98. The van der Waals surface area contributed by atoms with Crippen LogP contribution in [-0.4, -0.2) is 38.6 Å². The van der Waals surface area contributed by atoms with Gasteiger partial charge < -0.3 is 29.0 Å². The molecule has 1 heterocycles. The number of alkyl halides is 2. The van der Waals surface area contributed by atoms with Crippen LogP contribution in [0.4, 0.5) is 14.5 Å². The lowest BCUT2D eigenvalue weighted by Gasteiger charge is -2.46. The zero-order chi connectivity index (χ0) is 31.8. The van der Waals surface area contributed by atoms with Crippen molar-refractivity contribution in [3.63, 3.8) is 0 Å². The number of hydrogen-bond acceptors (Lipinski definition) is 7. The first-order valence-electron chi connectivity index (χ1n) is 15.0. The minimum absolute atomic E-state index is 0.0182. The number of ether oxygens (including phenoxy) is 5. The van der Waals surface area contributed by atoms with Crippen molar-refractivity contribution in [2.75, 3.05) is 26.1 Å². The Morgan fingerprint density at radius 1 is 1.00 bits per heavy atom. The van der Waals surface area contributed by atoms with Crippen molar-refractivity contribution in [2.45, 2.75) is 62.9 Å². The zero-order valence-electron chi connectivity index (χ0n) is 25.5. The van der Waals surface area contributed by atoms with Crippen LogP contribution in [0.1, 0.15) is 55.7 Å². The Kier molecular flexibility index (Phi) is 8.43. The van der Waals surface area contributed by atoms with Crippen LogP contribution in [0.2, 0.25) is 5.02 Å². The third-order valence-corrected chi connectivity index (χ3v) is 9.41. The molecule has 2 aliphatic carbocycles. The number of allylic oxidation sites excluding steroid dienone is 1. The Balaban J connectivity index is 1.24. The van der Waals surface area contributed by atoms with E-state index >= 15 is 0 Å². The van der Waals surface area contributed by atoms with E-state index in [2.05, 4.69) is 18.3 Å². The molecule has 3 aromatic carbocycles. The van der Waals surface area contributed by atoms with Crippen molar-refractivity contribution in [1.82, 2.24) is 0 Å². The second-order valence-corrected chi connectivity index (χ2v) is 12.6. The van der Waals surface area contributed by atoms with Crippen molar-refractivity contribution in [2.24, 2.45) is 5.92 Å². The molecule has 0 bridgehead atoms. The van der Waals surface area contributed by atoms with Crippen LogP contribution in [0.3, 0.4) is 0 Å². The second kappa shape index (κ2) is 12.2. The normalized spacial score (nSPS) is 23.3. The summed E-state index contributed by atoms with van der Waals surface area (Å²) in [7, 11) is 3.02. The van der Waals surface area contributed by atoms with Gasteiger partial charge in [-0.05, 0) is 97.2 Å². The van der Waals surface area contributed by atoms with Crippen LogP contribution in [0, 0.1) is 5.92 Å². The summed E-state index contributed by atoms with van der Waals surface area (Å²) in [6, 6.07) is 18.3. The SMILES string of the molecule is COC(=O)C1(Nc2cccc(Cl)c2)CCC2(CC1)C(C[C@@H](C)COCc1ccc(OC)cc1)=Cc1cc3c(cc12)OC(F)(F)O3. The average molecular weight is 640 g/mol. The number of methoxy groups -OCH3 is 2. The maximum Gasteiger partial charge on any atom is 0.586 e. The number of hydrogen-bond donors (Lipinski definition) is 1. The molecule has 6 rings (SSSR count). The maximum atomic E-state index is 14.0. The van der Waals surface area contributed by atoms with E-state index in [1.165, 1.54) is 12.7 Å². The average Bonchev–Trinajstić information content (AvgIpc) is 3.47. The highest BCUT2D eigenvalue weighted by Gasteiger charge is 2.53. The molecule has 3 aromatic rings. The number of nitrogens with one attached hydrogen (secondary N) is 1. The van der Waals surface area contributed by atoms with Gasteiger partial charge in [0, 0.05) is 22.7 Å². The monoisotopic (exact) mass is 639 g/mol. The molecule has 0 unspecified atom stereocenters. The van der Waals surface area contributed by atoms with Crippen LogP contribution in [0.15, 0.2) is 66.2 Å². The predicted molar refractivity (Wildman–Crippen MR) is 167 cm³/mol. The quantitative estimate of drug-likeness (QED) is 0.224. The van der Waals surface area contributed by atoms with Crippen molar-refractivity contribution in [3.8, 4) is 17.2 Å². The molecule has 7 nitrogen and oxygen atoms in total. The van der Waals surface area contributed by atoms with Gasteiger partial charge in [-0.1, -0.05) is 48.4 Å². The van der Waals surface area contributed by atoms with Gasteiger partial charge in [0.15, 0.2) is 11.5 Å². The van der Waals surface area contributed by atoms with E-state index in [1.807, 2.05) is 36.4 Å². The molecular weight excluding hydrogens is 604 g/mol. The smallest absolute Gasteiger partial charge is 0.497 e. The third kappa shape index (κ3) is 6.20. The fourth-order valence-electron chi connectivity index (χ4n) is 6.95. The molecule has 3 aliphatic rings. The number of anilines is 1. The van der Waals surface area contributed by atoms with Crippen molar-refractivity contribution < 1.29 is 37.3 Å². The van der Waals surface area contributed by atoms with E-state index in [0.29, 0.717) is 43.9 Å². The summed E-state index contributed by atoms with van der Waals surface area (Å²) in [4.78, 5) is 13.3. The van der Waals surface area contributed by atoms with E-state index in [-0.39, 0.29) is 23.4 Å². The number of rotatable bonds is 10. The van der Waals surface area contributed by atoms with Gasteiger partial charge in [0.05, 0.1) is 20.8 Å². The molecule has 10 heteroatoms. The van der Waals surface area contributed by atoms with Gasteiger partial charge in [-0.3, -0.25) is 0 Å². The highest BCUT2D eigenvalue weighted by atomic mass is 35.5. The standard InChI is InChI=1S/C35H36ClF2NO6/c1-22(20-43-21-23-7-9-28(41-2)10-8-23)15-25-16-24-17-30-31(45-35(37,38)44-30)19-29(24)33(25)11-13-34(14-12-33,32(40)42-3)39-27-6-4-5-26(36)18-27/h4-10,16-19,22,39H,11-15,20-21H2,1-3H3/t22-,33?,34?/m1/s1. The van der Waals surface area contributed by atoms with Crippen molar-refractivity contribution >= 4 is 29.3 Å². The topological polar surface area (TPSA) is 75.3 Å². The molecule has 1 saturated carbocycles. The van der Waals surface area contributed by atoms with Gasteiger partial charge in [0.2, 0.25) is 0 Å². The number of carbonyl (C=O) groups excluding carboxylic acids is 1. The van der Waals surface area contributed by atoms with E-state index in [4.69, 9.17) is 35.3 Å². The highest BCUT2D eigenvalue weighted by molar-refractivity contribution is 6.30. The van der Waals surface area contributed by atoms with Gasteiger partial charge in [-0.25, -0.2) is 4.79 Å². The Hall–Kier alpha value is -3.82. The van der Waals surface area contributed by atoms with Crippen LogP contribution in [0.5, 0.6) is 17.2 Å². The van der Waals surface area contributed by atoms with Gasteiger partial charge in [0.1, 0.15) is 11.3 Å². The Morgan fingerprint density at radius 3 is 2.38 bits per heavy atom. The molecule has 1 atom stereocenters. The lowest BCUT2D eigenvalue weighted by Crippen LogP contribution is -2.52. The second-order valence-electron chi connectivity index (χ2n) is 12.2. The minimum atomic E-state index is -3.71. The molecule has 1 spiro atoms. The molecular formula is C35H36ClF2NO6. The van der Waals surface area contributed by atoms with E-state index in [0.717, 1.165) is 34.5 Å². The molecule has 238 valence electrons. The molecule has 1 fully saturated rings. The van der Waals surface area contributed by atoms with Crippen molar-refractivity contribution in [1.29, 1.82) is 0 Å². The molecule has 0 radical (unpaired) electrons. The van der Waals surface area contributed by atoms with Crippen molar-refractivity contribution in [3.05, 3.63) is 87.9 Å². The highest BCUT2D eigenvalue weighted by Crippen LogP contribution is 2.58. The summed E-state index contributed by atoms with van der Waals surface area (Å²) in [5.41, 5.74) is 3.22. The molecule has 0 aromatic heterocycles. The summed E-state index contributed by atoms with van der Waals surface area (Å²) in [5.74, 6) is 0.644. The van der Waals surface area contributed by atoms with Crippen LogP contribution < -0.4 is 19.5 Å². The molecule has 45 heavy (non-hydrogen) atoms. The Bertz CT molecular complexity index is 1600. The first-order chi connectivity index (χ1) is 21.5. The number of benzene rings is 3. The van der Waals surface area contributed by atoms with Gasteiger partial charge in [-0.15, -0.1) is 8.78 Å². The summed E-state index contributed by atoms with van der Waals surface area (Å²) < 4.78 is 54.3. The molecule has 1 aliphatic heterocycles. The Morgan fingerprint density at radius 2 is 1.71 bits per heavy atom. The van der Waals surface area contributed by atoms with E-state index in [1.54, 1.807) is 31.4 Å². The van der Waals surface area contributed by atoms with Gasteiger partial charge >= 0.3 is 12.3 Å². The molecule has 0 saturated heterocycles. The van der Waals surface area contributed by atoms with Gasteiger partial charge in [-0.2, -0.15) is 0 Å². The zero-order valence-corrected chi connectivity index (χ0v) is 26.2. The lowest BCUT2D eigenvalue weighted by atomic mass is 9.61. The first kappa shape index (κ1) is 31.2. The molecule has 0 amide bonds. The first-order valence-corrected chi connectivity index (χ1v) is 15.4. The minimum Gasteiger partial charge on any atom is -0.497 e. The number of fused-ring (bicyclic) bond motifs is 3. The summed E-state index contributed by atoms with van der Waals surface area (Å²) in [6.45, 7) is 3.15. The number of halogens is 3. The number of esters is 1. The Labute approximate surface area is 266 Å². The molecule has 1 N–H and O–H groups in total. The van der Waals surface area contributed by atoms with Gasteiger partial charge in [0.25, 0.3) is 0 Å². The predicted octanol–water partition coefficient (Wildman–Crippen LogP) is 8.15. The summed E-state index contributed by atoms with van der Waals surface area (Å²) >= 11 is 6.24. The maximum absolute atomic E-state index is 14.0. The van der Waals surface area contributed by atoms with Crippen LogP contribution >= 0.6 is 11.6 Å². The van der Waals surface area contributed by atoms with E-state index in [9.17, 15) is 13.6 Å². The fourth-order valence-corrected chi connectivity index (χ4v) is 7.14. The number of carbonyl (C=O) groups is 1. The summed E-state index contributed by atoms with van der Waals surface area (Å²) in [6.07, 6.45) is 1.19. The van der Waals surface area contributed by atoms with E-state index < -0.39 is 17.2 Å². The fraction of sp³-hybridized carbons (Fsp3) is 0.400. The largest absolute Gasteiger partial charge is 0.586 e. The van der Waals surface area contributed by atoms with Crippen LogP contribution in [0.25, 0.3) is 6.08 Å². The van der Waals surface area contributed by atoms with Crippen LogP contribution in [-0.2, 0) is 26.3 Å².